The molecule has 0 aromatic carbocycles. The highest BCUT2D eigenvalue weighted by molar-refractivity contribution is 5.51. The van der Waals surface area contributed by atoms with Gasteiger partial charge >= 0.3 is 0 Å². The van der Waals surface area contributed by atoms with Gasteiger partial charge < -0.3 is 4.42 Å². The molecular formula is C11H13NO2. The minimum Gasteiger partial charge on any atom is -0.465 e. The molecule has 3 nitrogen and oxygen atoms in total. The van der Waals surface area contributed by atoms with Crippen molar-refractivity contribution in [1.82, 2.24) is 0 Å². The van der Waals surface area contributed by atoms with E-state index in [-0.39, 0.29) is 0 Å². The number of rotatable bonds is 3. The van der Waals surface area contributed by atoms with E-state index in [0.717, 1.165) is 11.3 Å². The van der Waals surface area contributed by atoms with Gasteiger partial charge in [0.25, 0.3) is 0 Å². The average molecular weight is 191 g/mol. The van der Waals surface area contributed by atoms with Gasteiger partial charge in [0.05, 0.1) is 11.8 Å². The average Bonchev–Trinajstić information content (AvgIpc) is 2.56. The Hall–Kier alpha value is -1.60. The molecule has 1 aromatic heterocycles. The highest BCUT2D eigenvalue weighted by Crippen LogP contribution is 2.22. The zero-order valence-electron chi connectivity index (χ0n) is 8.57. The van der Waals surface area contributed by atoms with E-state index >= 15 is 0 Å². The van der Waals surface area contributed by atoms with Gasteiger partial charge in [-0.2, -0.15) is 4.99 Å². The first kappa shape index (κ1) is 10.5. The van der Waals surface area contributed by atoms with E-state index in [0.29, 0.717) is 0 Å². The molecule has 14 heavy (non-hydrogen) atoms. The Morgan fingerprint density at radius 3 is 2.86 bits per heavy atom. The lowest BCUT2D eigenvalue weighted by Gasteiger charge is -2.17. The molecule has 0 atom stereocenters. The Balaban J connectivity index is 2.94. The standard InChI is InChI=1S/C11H13NO2/c1-9(11(2,3)12-8-13)7-10-5-4-6-14-10/h4-7H,1-3H3/b9-7+. The molecule has 1 heterocycles. The molecule has 0 amide bonds. The molecule has 0 radical (unpaired) electrons. The Bertz CT molecular complexity index is 368. The van der Waals surface area contributed by atoms with Crippen molar-refractivity contribution in [3.63, 3.8) is 0 Å². The van der Waals surface area contributed by atoms with Crippen LogP contribution in [-0.4, -0.2) is 11.6 Å². The van der Waals surface area contributed by atoms with Crippen molar-refractivity contribution in [2.24, 2.45) is 4.99 Å². The molecule has 0 N–H and O–H groups in total. The van der Waals surface area contributed by atoms with Crippen LogP contribution in [0.3, 0.4) is 0 Å². The van der Waals surface area contributed by atoms with Crippen molar-refractivity contribution in [3.05, 3.63) is 29.7 Å². The third-order valence-electron chi connectivity index (χ3n) is 2.19. The SMILES string of the molecule is C/C(=C\c1ccco1)C(C)(C)N=C=O. The van der Waals surface area contributed by atoms with E-state index in [1.807, 2.05) is 39.0 Å². The smallest absolute Gasteiger partial charge is 0.235 e. The summed E-state index contributed by atoms with van der Waals surface area (Å²) in [5.41, 5.74) is 0.435. The van der Waals surface area contributed by atoms with Gasteiger partial charge in [0.15, 0.2) is 0 Å². The van der Waals surface area contributed by atoms with Gasteiger partial charge in [-0.05, 0) is 44.6 Å². The summed E-state index contributed by atoms with van der Waals surface area (Å²) < 4.78 is 5.16. The van der Waals surface area contributed by atoms with Crippen LogP contribution in [0.15, 0.2) is 33.4 Å². The third kappa shape index (κ3) is 2.44. The summed E-state index contributed by atoms with van der Waals surface area (Å²) in [6, 6.07) is 3.67. The number of hydrogen-bond acceptors (Lipinski definition) is 3. The first-order valence-electron chi connectivity index (χ1n) is 4.37. The zero-order valence-corrected chi connectivity index (χ0v) is 8.57. The molecule has 0 aliphatic heterocycles. The largest absolute Gasteiger partial charge is 0.465 e. The van der Waals surface area contributed by atoms with Crippen LogP contribution < -0.4 is 0 Å². The first-order valence-corrected chi connectivity index (χ1v) is 4.37. The number of aliphatic imine (C=N–C) groups is 1. The van der Waals surface area contributed by atoms with Gasteiger partial charge in [-0.25, -0.2) is 4.79 Å². The van der Waals surface area contributed by atoms with Crippen LogP contribution in [0.4, 0.5) is 0 Å². The van der Waals surface area contributed by atoms with Crippen molar-refractivity contribution in [1.29, 1.82) is 0 Å². The summed E-state index contributed by atoms with van der Waals surface area (Å²) in [6.45, 7) is 5.61. The fourth-order valence-corrected chi connectivity index (χ4v) is 0.966. The van der Waals surface area contributed by atoms with Crippen LogP contribution in [0.1, 0.15) is 26.5 Å². The summed E-state index contributed by atoms with van der Waals surface area (Å²) in [4.78, 5) is 13.9. The molecule has 0 spiro atoms. The number of nitrogens with zero attached hydrogens (tertiary/aromatic N) is 1. The fraction of sp³-hybridized carbons (Fsp3) is 0.364. The van der Waals surface area contributed by atoms with Crippen LogP contribution in [0.2, 0.25) is 0 Å². The van der Waals surface area contributed by atoms with Crippen molar-refractivity contribution < 1.29 is 9.21 Å². The molecule has 0 saturated heterocycles. The van der Waals surface area contributed by atoms with Crippen molar-refractivity contribution in [2.45, 2.75) is 26.3 Å². The second-order valence-corrected chi connectivity index (χ2v) is 3.60. The minimum atomic E-state index is -0.519. The number of isocyanates is 1. The topological polar surface area (TPSA) is 42.6 Å². The highest BCUT2D eigenvalue weighted by atomic mass is 16.3. The second-order valence-electron chi connectivity index (χ2n) is 3.60. The second kappa shape index (κ2) is 4.07. The zero-order chi connectivity index (χ0) is 10.6. The molecule has 0 bridgehead atoms. The summed E-state index contributed by atoms with van der Waals surface area (Å²) in [6.07, 6.45) is 5.04. The van der Waals surface area contributed by atoms with E-state index in [2.05, 4.69) is 4.99 Å². The lowest BCUT2D eigenvalue weighted by molar-refractivity contribution is 0.540. The molecule has 3 heteroatoms. The molecular weight excluding hydrogens is 178 g/mol. The van der Waals surface area contributed by atoms with E-state index in [9.17, 15) is 4.79 Å². The van der Waals surface area contributed by atoms with Crippen LogP contribution in [-0.2, 0) is 4.79 Å². The molecule has 0 aliphatic carbocycles. The molecule has 0 aliphatic rings. The Morgan fingerprint density at radius 2 is 2.36 bits per heavy atom. The van der Waals surface area contributed by atoms with Crippen LogP contribution in [0.5, 0.6) is 0 Å². The Morgan fingerprint density at radius 1 is 1.64 bits per heavy atom. The highest BCUT2D eigenvalue weighted by Gasteiger charge is 2.18. The molecule has 1 aromatic rings. The molecule has 74 valence electrons. The summed E-state index contributed by atoms with van der Waals surface area (Å²) in [7, 11) is 0. The summed E-state index contributed by atoms with van der Waals surface area (Å²) in [5, 5.41) is 0. The molecule has 0 unspecified atom stereocenters. The van der Waals surface area contributed by atoms with Crippen molar-refractivity contribution in [2.75, 3.05) is 0 Å². The molecule has 0 fully saturated rings. The number of hydrogen-bond donors (Lipinski definition) is 0. The van der Waals surface area contributed by atoms with E-state index in [1.165, 1.54) is 0 Å². The van der Waals surface area contributed by atoms with E-state index in [1.54, 1.807) is 12.3 Å². The van der Waals surface area contributed by atoms with Gasteiger partial charge in [-0.15, -0.1) is 0 Å². The van der Waals surface area contributed by atoms with Crippen molar-refractivity contribution in [3.8, 4) is 0 Å². The van der Waals surface area contributed by atoms with Crippen LogP contribution in [0, 0.1) is 0 Å². The Kier molecular flexibility index (Phi) is 3.05. The fourth-order valence-electron chi connectivity index (χ4n) is 0.966. The maximum atomic E-state index is 10.2. The summed E-state index contributed by atoms with van der Waals surface area (Å²) in [5.74, 6) is 0.761. The van der Waals surface area contributed by atoms with E-state index in [4.69, 9.17) is 4.42 Å². The lowest BCUT2D eigenvalue weighted by Crippen LogP contribution is -2.17. The van der Waals surface area contributed by atoms with Gasteiger partial charge in [0, 0.05) is 0 Å². The predicted molar refractivity (Wildman–Crippen MR) is 54.6 cm³/mol. The third-order valence-corrected chi connectivity index (χ3v) is 2.19. The predicted octanol–water partition coefficient (Wildman–Crippen LogP) is 2.80. The minimum absolute atomic E-state index is 0.519. The van der Waals surface area contributed by atoms with Crippen LogP contribution in [0.25, 0.3) is 6.08 Å². The van der Waals surface area contributed by atoms with Crippen LogP contribution >= 0.6 is 0 Å². The summed E-state index contributed by atoms with van der Waals surface area (Å²) >= 11 is 0. The maximum absolute atomic E-state index is 10.2. The monoisotopic (exact) mass is 191 g/mol. The lowest BCUT2D eigenvalue weighted by atomic mass is 9.96. The quantitative estimate of drug-likeness (QED) is 0.544. The number of carbonyl (C=O) groups excluding carboxylic acids is 1. The molecule has 1 rings (SSSR count). The van der Waals surface area contributed by atoms with Gasteiger partial charge in [-0.1, -0.05) is 0 Å². The first-order chi connectivity index (χ1) is 6.56. The van der Waals surface area contributed by atoms with E-state index < -0.39 is 5.54 Å². The van der Waals surface area contributed by atoms with Gasteiger partial charge in [0.2, 0.25) is 6.08 Å². The van der Waals surface area contributed by atoms with Crippen molar-refractivity contribution >= 4 is 12.2 Å². The molecule has 0 saturated carbocycles. The van der Waals surface area contributed by atoms with Gasteiger partial charge in [-0.3, -0.25) is 0 Å². The maximum Gasteiger partial charge on any atom is 0.235 e. The Labute approximate surface area is 83.1 Å². The normalized spacial score (nSPS) is 12.4. The number of furan rings is 1. The van der Waals surface area contributed by atoms with Gasteiger partial charge in [0.1, 0.15) is 5.76 Å².